The van der Waals surface area contributed by atoms with Crippen molar-refractivity contribution < 1.29 is 4.92 Å². The Kier molecular flexibility index (Phi) is 3.65. The molecule has 0 radical (unpaired) electrons. The standard InChI is InChI=1S/C13H16N4O4/c1-13(2,3)14-6-7-4-8(17(20)21)5-9-10(7)16-12(19)11(18)15-9/h4-5,14H,6H2,1-3H3,(H,15,18)(H,16,19). The molecular weight excluding hydrogens is 276 g/mol. The minimum Gasteiger partial charge on any atom is -0.316 e. The molecular formula is C13H16N4O4. The van der Waals surface area contributed by atoms with E-state index in [4.69, 9.17) is 0 Å². The van der Waals surface area contributed by atoms with Gasteiger partial charge in [0.15, 0.2) is 0 Å². The van der Waals surface area contributed by atoms with Gasteiger partial charge in [-0.3, -0.25) is 19.7 Å². The molecule has 0 saturated carbocycles. The number of nitro benzene ring substituents is 1. The first-order chi connectivity index (χ1) is 9.67. The summed E-state index contributed by atoms with van der Waals surface area (Å²) in [6.07, 6.45) is 0. The Labute approximate surface area is 119 Å². The highest BCUT2D eigenvalue weighted by Gasteiger charge is 2.16. The minimum absolute atomic E-state index is 0.143. The fourth-order valence-electron chi connectivity index (χ4n) is 1.89. The number of nitrogens with zero attached hydrogens (tertiary/aromatic N) is 1. The molecule has 0 atom stereocenters. The van der Waals surface area contributed by atoms with Gasteiger partial charge in [0.2, 0.25) is 0 Å². The van der Waals surface area contributed by atoms with E-state index < -0.39 is 16.0 Å². The van der Waals surface area contributed by atoms with E-state index in [-0.39, 0.29) is 16.7 Å². The van der Waals surface area contributed by atoms with E-state index in [1.54, 1.807) is 0 Å². The molecule has 3 N–H and O–H groups in total. The van der Waals surface area contributed by atoms with E-state index >= 15 is 0 Å². The Morgan fingerprint density at radius 3 is 2.38 bits per heavy atom. The van der Waals surface area contributed by atoms with Gasteiger partial charge in [0, 0.05) is 24.2 Å². The summed E-state index contributed by atoms with van der Waals surface area (Å²) in [5.41, 5.74) is -0.787. The van der Waals surface area contributed by atoms with Crippen LogP contribution in [0, 0.1) is 10.1 Å². The Morgan fingerprint density at radius 1 is 1.19 bits per heavy atom. The number of fused-ring (bicyclic) bond motifs is 1. The molecule has 2 rings (SSSR count). The third-order valence-electron chi connectivity index (χ3n) is 2.92. The topological polar surface area (TPSA) is 121 Å². The number of aromatic amines is 2. The third kappa shape index (κ3) is 3.34. The third-order valence-corrected chi connectivity index (χ3v) is 2.92. The number of aromatic nitrogens is 2. The maximum absolute atomic E-state index is 11.5. The van der Waals surface area contributed by atoms with Crippen molar-refractivity contribution in [3.8, 4) is 0 Å². The lowest BCUT2D eigenvalue weighted by Gasteiger charge is -2.20. The van der Waals surface area contributed by atoms with Gasteiger partial charge in [-0.2, -0.15) is 0 Å². The monoisotopic (exact) mass is 292 g/mol. The van der Waals surface area contributed by atoms with Gasteiger partial charge in [-0.15, -0.1) is 0 Å². The highest BCUT2D eigenvalue weighted by molar-refractivity contribution is 5.80. The largest absolute Gasteiger partial charge is 0.316 e. The lowest BCUT2D eigenvalue weighted by molar-refractivity contribution is -0.384. The van der Waals surface area contributed by atoms with Crippen LogP contribution in [0.5, 0.6) is 0 Å². The van der Waals surface area contributed by atoms with Crippen molar-refractivity contribution in [1.82, 2.24) is 15.3 Å². The molecule has 0 aliphatic rings. The molecule has 0 bridgehead atoms. The number of non-ortho nitro benzene ring substituents is 1. The zero-order chi connectivity index (χ0) is 15.8. The van der Waals surface area contributed by atoms with Gasteiger partial charge in [-0.05, 0) is 26.3 Å². The quantitative estimate of drug-likeness (QED) is 0.443. The van der Waals surface area contributed by atoms with Crippen molar-refractivity contribution in [3.05, 3.63) is 48.5 Å². The predicted molar refractivity (Wildman–Crippen MR) is 78.4 cm³/mol. The summed E-state index contributed by atoms with van der Waals surface area (Å²) in [6, 6.07) is 2.61. The van der Waals surface area contributed by atoms with E-state index in [0.717, 1.165) is 0 Å². The molecule has 1 aromatic carbocycles. The molecule has 1 aromatic heterocycles. The van der Waals surface area contributed by atoms with Crippen molar-refractivity contribution >= 4 is 16.7 Å². The average Bonchev–Trinajstić information content (AvgIpc) is 2.36. The first kappa shape index (κ1) is 14.9. The van der Waals surface area contributed by atoms with Crippen LogP contribution in [0.15, 0.2) is 21.7 Å². The van der Waals surface area contributed by atoms with Gasteiger partial charge in [0.25, 0.3) is 5.69 Å². The number of nitrogens with one attached hydrogen (secondary N) is 3. The summed E-state index contributed by atoms with van der Waals surface area (Å²) in [6.45, 7) is 6.19. The van der Waals surface area contributed by atoms with Crippen molar-refractivity contribution in [2.75, 3.05) is 0 Å². The van der Waals surface area contributed by atoms with Gasteiger partial charge in [0.05, 0.1) is 16.0 Å². The maximum atomic E-state index is 11.5. The van der Waals surface area contributed by atoms with E-state index in [1.807, 2.05) is 20.8 Å². The van der Waals surface area contributed by atoms with Gasteiger partial charge in [-0.1, -0.05) is 0 Å². The molecule has 112 valence electrons. The van der Waals surface area contributed by atoms with E-state index in [0.29, 0.717) is 17.6 Å². The molecule has 0 unspecified atom stereocenters. The molecule has 0 fully saturated rings. The molecule has 0 aliphatic carbocycles. The lowest BCUT2D eigenvalue weighted by atomic mass is 10.1. The highest BCUT2D eigenvalue weighted by atomic mass is 16.6. The predicted octanol–water partition coefficient (Wildman–Crippen LogP) is 1.01. The van der Waals surface area contributed by atoms with Crippen LogP contribution >= 0.6 is 0 Å². The average molecular weight is 292 g/mol. The zero-order valence-corrected chi connectivity index (χ0v) is 11.9. The number of nitro groups is 1. The van der Waals surface area contributed by atoms with Crippen LogP contribution in [0.2, 0.25) is 0 Å². The van der Waals surface area contributed by atoms with E-state index in [9.17, 15) is 19.7 Å². The summed E-state index contributed by atoms with van der Waals surface area (Å²) < 4.78 is 0. The molecule has 8 nitrogen and oxygen atoms in total. The van der Waals surface area contributed by atoms with Crippen LogP contribution in [-0.2, 0) is 6.54 Å². The van der Waals surface area contributed by atoms with Gasteiger partial charge in [0.1, 0.15) is 0 Å². The second-order valence-corrected chi connectivity index (χ2v) is 5.80. The molecule has 1 heterocycles. The number of hydrogen-bond acceptors (Lipinski definition) is 5. The first-order valence-electron chi connectivity index (χ1n) is 6.36. The van der Waals surface area contributed by atoms with E-state index in [1.165, 1.54) is 12.1 Å². The molecule has 2 aromatic rings. The second-order valence-electron chi connectivity index (χ2n) is 5.80. The van der Waals surface area contributed by atoms with Gasteiger partial charge >= 0.3 is 11.1 Å². The number of rotatable bonds is 3. The fourth-order valence-corrected chi connectivity index (χ4v) is 1.89. The molecule has 0 spiro atoms. The Bertz CT molecular complexity index is 814. The SMILES string of the molecule is CC(C)(C)NCc1cc([N+](=O)[O-])cc2[nH]c(=O)c(=O)[nH]c12. The van der Waals surface area contributed by atoms with Crippen molar-refractivity contribution in [2.24, 2.45) is 0 Å². The van der Waals surface area contributed by atoms with Crippen molar-refractivity contribution in [3.63, 3.8) is 0 Å². The number of hydrogen-bond donors (Lipinski definition) is 3. The van der Waals surface area contributed by atoms with Crippen LogP contribution in [-0.4, -0.2) is 20.4 Å². The summed E-state index contributed by atoms with van der Waals surface area (Å²) in [5, 5.41) is 14.2. The summed E-state index contributed by atoms with van der Waals surface area (Å²) in [5.74, 6) is 0. The summed E-state index contributed by atoms with van der Waals surface area (Å²) in [4.78, 5) is 38.1. The highest BCUT2D eigenvalue weighted by Crippen LogP contribution is 2.21. The van der Waals surface area contributed by atoms with Crippen LogP contribution in [0.3, 0.4) is 0 Å². The fraction of sp³-hybridized carbons (Fsp3) is 0.385. The zero-order valence-electron chi connectivity index (χ0n) is 11.9. The van der Waals surface area contributed by atoms with Gasteiger partial charge < -0.3 is 15.3 Å². The van der Waals surface area contributed by atoms with Gasteiger partial charge in [-0.25, -0.2) is 0 Å². The van der Waals surface area contributed by atoms with Crippen LogP contribution in [0.4, 0.5) is 5.69 Å². The summed E-state index contributed by atoms with van der Waals surface area (Å²) in [7, 11) is 0. The van der Waals surface area contributed by atoms with Crippen LogP contribution in [0.1, 0.15) is 26.3 Å². The normalized spacial score (nSPS) is 11.8. The Hall–Kier alpha value is -2.48. The first-order valence-corrected chi connectivity index (χ1v) is 6.36. The number of H-pyrrole nitrogens is 2. The smallest absolute Gasteiger partial charge is 0.314 e. The molecule has 21 heavy (non-hydrogen) atoms. The molecule has 0 saturated heterocycles. The Morgan fingerprint density at radius 2 is 1.81 bits per heavy atom. The maximum Gasteiger partial charge on any atom is 0.314 e. The summed E-state index contributed by atoms with van der Waals surface area (Å²) >= 11 is 0. The number of benzene rings is 1. The molecule has 0 aliphatic heterocycles. The van der Waals surface area contributed by atoms with Crippen LogP contribution in [0.25, 0.3) is 11.0 Å². The van der Waals surface area contributed by atoms with Crippen molar-refractivity contribution in [1.29, 1.82) is 0 Å². The molecule has 8 heteroatoms. The minimum atomic E-state index is -0.835. The molecule has 0 amide bonds. The lowest BCUT2D eigenvalue weighted by Crippen LogP contribution is -2.35. The van der Waals surface area contributed by atoms with Crippen molar-refractivity contribution in [2.45, 2.75) is 32.9 Å². The van der Waals surface area contributed by atoms with Crippen LogP contribution < -0.4 is 16.4 Å². The Balaban J connectivity index is 2.65. The van der Waals surface area contributed by atoms with E-state index in [2.05, 4.69) is 15.3 Å². The second kappa shape index (κ2) is 5.13.